The van der Waals surface area contributed by atoms with Crippen LogP contribution in [0.15, 0.2) is 12.3 Å². The summed E-state index contributed by atoms with van der Waals surface area (Å²) in [7, 11) is 0. The van der Waals surface area contributed by atoms with E-state index in [0.29, 0.717) is 13.0 Å². The summed E-state index contributed by atoms with van der Waals surface area (Å²) in [5, 5.41) is 17.6. The number of hydrogen-bond acceptors (Lipinski definition) is 3. The Labute approximate surface area is 65.4 Å². The van der Waals surface area contributed by atoms with Gasteiger partial charge in [0.2, 0.25) is 0 Å². The summed E-state index contributed by atoms with van der Waals surface area (Å²) in [6, 6.07) is 0. The molecular formula is C7H13FN2O. The summed E-state index contributed by atoms with van der Waals surface area (Å²) in [5.41, 5.74) is 0. The van der Waals surface area contributed by atoms with E-state index in [0.717, 1.165) is 6.21 Å². The Balaban J connectivity index is 3.13. The van der Waals surface area contributed by atoms with Crippen LogP contribution in [0.1, 0.15) is 6.42 Å². The molecule has 0 rings (SSSR count). The minimum atomic E-state index is -1.14. The predicted octanol–water partition coefficient (Wildman–Crippen LogP) is 0.460. The first kappa shape index (κ1) is 10.1. The van der Waals surface area contributed by atoms with Crippen LogP contribution in [0.3, 0.4) is 0 Å². The molecule has 0 fully saturated rings. The molecule has 0 saturated heterocycles. The summed E-state index contributed by atoms with van der Waals surface area (Å²) < 4.78 is 12.3. The van der Waals surface area contributed by atoms with Gasteiger partial charge in [-0.1, -0.05) is 0 Å². The van der Waals surface area contributed by atoms with Crippen molar-refractivity contribution in [2.24, 2.45) is 0 Å². The monoisotopic (exact) mass is 160 g/mol. The third-order valence-electron chi connectivity index (χ3n) is 1.11. The maximum atomic E-state index is 12.3. The number of allylic oxidation sites excluding steroid dienone is 1. The van der Waals surface area contributed by atoms with Crippen molar-refractivity contribution >= 4 is 6.21 Å². The van der Waals surface area contributed by atoms with Crippen molar-refractivity contribution in [2.75, 3.05) is 13.2 Å². The first-order valence-corrected chi connectivity index (χ1v) is 3.45. The maximum Gasteiger partial charge on any atom is 0.125 e. The Morgan fingerprint density at radius 2 is 2.36 bits per heavy atom. The molecule has 1 atom stereocenters. The van der Waals surface area contributed by atoms with E-state index in [1.165, 1.54) is 6.08 Å². The largest absolute Gasteiger partial charge is 0.393 e. The van der Waals surface area contributed by atoms with Crippen LogP contribution in [0.25, 0.3) is 0 Å². The van der Waals surface area contributed by atoms with Crippen LogP contribution >= 0.6 is 0 Å². The van der Waals surface area contributed by atoms with Gasteiger partial charge in [-0.05, 0) is 18.7 Å². The number of hydrogen-bond donors (Lipinski definition) is 3. The molecule has 0 unspecified atom stereocenters. The number of rotatable bonds is 6. The van der Waals surface area contributed by atoms with E-state index < -0.39 is 12.8 Å². The van der Waals surface area contributed by atoms with Gasteiger partial charge in [0.1, 0.15) is 6.17 Å². The summed E-state index contributed by atoms with van der Waals surface area (Å²) in [5.74, 6) is 0. The number of aliphatic hydroxyl groups is 1. The van der Waals surface area contributed by atoms with E-state index >= 15 is 0 Å². The van der Waals surface area contributed by atoms with Crippen LogP contribution in [0, 0.1) is 5.41 Å². The summed E-state index contributed by atoms with van der Waals surface area (Å²) in [6.45, 7) is 0.0576. The second-order valence-electron chi connectivity index (χ2n) is 2.05. The van der Waals surface area contributed by atoms with E-state index in [1.807, 2.05) is 0 Å². The molecule has 3 N–H and O–H groups in total. The fourth-order valence-corrected chi connectivity index (χ4v) is 0.531. The van der Waals surface area contributed by atoms with Crippen molar-refractivity contribution in [1.82, 2.24) is 5.32 Å². The number of alkyl halides is 1. The lowest BCUT2D eigenvalue weighted by Crippen LogP contribution is -2.15. The molecule has 11 heavy (non-hydrogen) atoms. The fraction of sp³-hybridized carbons (Fsp3) is 0.571. The van der Waals surface area contributed by atoms with Crippen LogP contribution in [0.4, 0.5) is 4.39 Å². The molecule has 0 saturated carbocycles. The lowest BCUT2D eigenvalue weighted by molar-refractivity contribution is 0.170. The molecule has 0 amide bonds. The Bertz CT molecular complexity index is 128. The first-order valence-electron chi connectivity index (χ1n) is 3.45. The van der Waals surface area contributed by atoms with Crippen molar-refractivity contribution in [1.29, 1.82) is 5.41 Å². The average Bonchev–Trinajstić information content (AvgIpc) is 2.04. The highest BCUT2D eigenvalue weighted by Gasteiger charge is 2.00. The van der Waals surface area contributed by atoms with Crippen LogP contribution in [-0.4, -0.2) is 30.6 Å². The van der Waals surface area contributed by atoms with E-state index in [-0.39, 0.29) is 0 Å². The molecule has 0 spiro atoms. The van der Waals surface area contributed by atoms with E-state index in [2.05, 4.69) is 5.32 Å². The molecule has 0 aliphatic rings. The minimum absolute atomic E-state index is 0.291. The van der Waals surface area contributed by atoms with Crippen molar-refractivity contribution in [2.45, 2.75) is 12.6 Å². The molecule has 3 nitrogen and oxygen atoms in total. The standard InChI is InChI=1S/C7H13FN2O/c8-7(6-11)2-5-10-4-1-3-9/h1,3-4,7,9-11H,2,5-6H2/b4-1-,9-3?/t7-/m0/s1. The molecule has 0 aliphatic heterocycles. The highest BCUT2D eigenvalue weighted by Crippen LogP contribution is 1.93. The van der Waals surface area contributed by atoms with Gasteiger partial charge in [-0.25, -0.2) is 4.39 Å². The highest BCUT2D eigenvalue weighted by molar-refractivity contribution is 5.67. The second kappa shape index (κ2) is 7.21. The molecule has 0 aliphatic carbocycles. The van der Waals surface area contributed by atoms with Crippen molar-refractivity contribution in [3.63, 3.8) is 0 Å². The SMILES string of the molecule is N=C/C=C\NCC[C@H](F)CO. The Hall–Kier alpha value is -0.900. The zero-order valence-corrected chi connectivity index (χ0v) is 6.26. The van der Waals surface area contributed by atoms with Gasteiger partial charge in [-0.15, -0.1) is 0 Å². The average molecular weight is 160 g/mol. The van der Waals surface area contributed by atoms with Crippen LogP contribution in [0.5, 0.6) is 0 Å². The summed E-state index contributed by atoms with van der Waals surface area (Å²) >= 11 is 0. The smallest absolute Gasteiger partial charge is 0.125 e. The fourth-order valence-electron chi connectivity index (χ4n) is 0.531. The molecule has 0 aromatic carbocycles. The van der Waals surface area contributed by atoms with Crippen LogP contribution < -0.4 is 5.32 Å². The maximum absolute atomic E-state index is 12.3. The van der Waals surface area contributed by atoms with Crippen LogP contribution in [0.2, 0.25) is 0 Å². The number of halogens is 1. The molecule has 0 radical (unpaired) electrons. The quantitative estimate of drug-likeness (QED) is 0.390. The normalized spacial score (nSPS) is 13.3. The lowest BCUT2D eigenvalue weighted by Gasteiger charge is -2.02. The molecule has 64 valence electrons. The zero-order chi connectivity index (χ0) is 8.53. The number of aliphatic hydroxyl groups excluding tert-OH is 1. The lowest BCUT2D eigenvalue weighted by atomic mass is 10.3. The van der Waals surface area contributed by atoms with Gasteiger partial charge >= 0.3 is 0 Å². The van der Waals surface area contributed by atoms with Gasteiger partial charge in [0.05, 0.1) is 6.61 Å². The van der Waals surface area contributed by atoms with Crippen molar-refractivity contribution in [3.05, 3.63) is 12.3 Å². The zero-order valence-electron chi connectivity index (χ0n) is 6.26. The van der Waals surface area contributed by atoms with Gasteiger partial charge in [0, 0.05) is 12.8 Å². The van der Waals surface area contributed by atoms with Crippen molar-refractivity contribution in [3.8, 4) is 0 Å². The Kier molecular flexibility index (Phi) is 6.62. The summed E-state index contributed by atoms with van der Waals surface area (Å²) in [6.07, 6.45) is 3.35. The Morgan fingerprint density at radius 3 is 2.91 bits per heavy atom. The van der Waals surface area contributed by atoms with Crippen LogP contribution in [-0.2, 0) is 0 Å². The van der Waals surface area contributed by atoms with Gasteiger partial charge in [-0.3, -0.25) is 0 Å². The minimum Gasteiger partial charge on any atom is -0.393 e. The van der Waals surface area contributed by atoms with Gasteiger partial charge < -0.3 is 15.8 Å². The molecule has 0 bridgehead atoms. The van der Waals surface area contributed by atoms with Gasteiger partial charge in [-0.2, -0.15) is 0 Å². The third kappa shape index (κ3) is 6.99. The topological polar surface area (TPSA) is 56.1 Å². The number of nitrogens with one attached hydrogen (secondary N) is 2. The Morgan fingerprint density at radius 1 is 1.64 bits per heavy atom. The molecule has 0 heterocycles. The summed E-state index contributed by atoms with van der Waals surface area (Å²) in [4.78, 5) is 0. The second-order valence-corrected chi connectivity index (χ2v) is 2.05. The molecule has 0 aromatic heterocycles. The molecule has 4 heteroatoms. The third-order valence-corrected chi connectivity index (χ3v) is 1.11. The van der Waals surface area contributed by atoms with Crippen molar-refractivity contribution < 1.29 is 9.50 Å². The highest BCUT2D eigenvalue weighted by atomic mass is 19.1. The van der Waals surface area contributed by atoms with E-state index in [4.69, 9.17) is 10.5 Å². The molecule has 0 aromatic rings. The van der Waals surface area contributed by atoms with E-state index in [1.54, 1.807) is 6.20 Å². The first-order chi connectivity index (χ1) is 5.31. The van der Waals surface area contributed by atoms with Gasteiger partial charge in [0.15, 0.2) is 0 Å². The van der Waals surface area contributed by atoms with E-state index in [9.17, 15) is 4.39 Å². The molecular weight excluding hydrogens is 147 g/mol. The van der Waals surface area contributed by atoms with Gasteiger partial charge in [0.25, 0.3) is 0 Å². The predicted molar refractivity (Wildman–Crippen MR) is 42.5 cm³/mol.